The zero-order chi connectivity index (χ0) is 9.97. The summed E-state index contributed by atoms with van der Waals surface area (Å²) in [5.41, 5.74) is 1.84. The Morgan fingerprint density at radius 3 is 2.57 bits per heavy atom. The highest BCUT2D eigenvalue weighted by molar-refractivity contribution is 5.75. The molecule has 1 aromatic heterocycles. The first-order valence-electron chi connectivity index (χ1n) is 4.06. The Bertz CT molecular complexity index is 447. The van der Waals surface area contributed by atoms with Gasteiger partial charge in [0, 0.05) is 0 Å². The second kappa shape index (κ2) is 3.41. The van der Waals surface area contributed by atoms with Gasteiger partial charge in [-0.25, -0.2) is 4.39 Å². The van der Waals surface area contributed by atoms with Crippen molar-refractivity contribution in [3.63, 3.8) is 0 Å². The number of carbonyl (C=O) groups excluding carboxylic acids is 1. The lowest BCUT2D eigenvalue weighted by molar-refractivity contribution is 0.111. The van der Waals surface area contributed by atoms with Gasteiger partial charge in [-0.1, -0.05) is 0 Å². The standard InChI is InChI=1S/C10H7FN2O/c11-8-3-1-7(2-4-8)10-5-9(6-14)12-13-10/h1-6H,(H,12,13). The largest absolute Gasteiger partial charge is 0.296 e. The maximum absolute atomic E-state index is 12.6. The third-order valence-corrected chi connectivity index (χ3v) is 1.87. The number of nitrogens with zero attached hydrogens (tertiary/aromatic N) is 1. The fourth-order valence-corrected chi connectivity index (χ4v) is 1.17. The average Bonchev–Trinajstić information content (AvgIpc) is 2.67. The molecule has 0 aliphatic carbocycles. The molecule has 1 aromatic carbocycles. The minimum absolute atomic E-state index is 0.288. The molecular formula is C10H7FN2O. The third-order valence-electron chi connectivity index (χ3n) is 1.87. The number of aldehydes is 1. The zero-order valence-electron chi connectivity index (χ0n) is 7.20. The predicted octanol–water partition coefficient (Wildman–Crippen LogP) is 2.03. The normalized spacial score (nSPS) is 10.1. The number of nitrogens with one attached hydrogen (secondary N) is 1. The van der Waals surface area contributed by atoms with Gasteiger partial charge < -0.3 is 0 Å². The van der Waals surface area contributed by atoms with Crippen LogP contribution in [0.25, 0.3) is 11.3 Å². The highest BCUT2D eigenvalue weighted by Gasteiger charge is 2.02. The van der Waals surface area contributed by atoms with Crippen LogP contribution in [-0.2, 0) is 0 Å². The van der Waals surface area contributed by atoms with Crippen LogP contribution in [0.4, 0.5) is 4.39 Å². The van der Waals surface area contributed by atoms with E-state index in [0.29, 0.717) is 17.7 Å². The van der Waals surface area contributed by atoms with Crippen molar-refractivity contribution in [3.05, 3.63) is 41.8 Å². The number of carbonyl (C=O) groups is 1. The summed E-state index contributed by atoms with van der Waals surface area (Å²) in [4.78, 5) is 10.4. The Hall–Kier alpha value is -1.97. The van der Waals surface area contributed by atoms with Crippen LogP contribution in [0.2, 0.25) is 0 Å². The first-order valence-corrected chi connectivity index (χ1v) is 4.06. The SMILES string of the molecule is O=Cc1cc(-c2ccc(F)cc2)[nH]n1. The van der Waals surface area contributed by atoms with Crippen molar-refractivity contribution in [2.75, 3.05) is 0 Å². The maximum atomic E-state index is 12.6. The van der Waals surface area contributed by atoms with Gasteiger partial charge >= 0.3 is 0 Å². The topological polar surface area (TPSA) is 45.8 Å². The molecule has 0 bridgehead atoms. The van der Waals surface area contributed by atoms with E-state index < -0.39 is 0 Å². The molecule has 2 rings (SSSR count). The quantitative estimate of drug-likeness (QED) is 0.736. The molecule has 0 saturated heterocycles. The van der Waals surface area contributed by atoms with E-state index in [-0.39, 0.29) is 5.82 Å². The smallest absolute Gasteiger partial charge is 0.170 e. The van der Waals surface area contributed by atoms with Gasteiger partial charge in [0.1, 0.15) is 11.5 Å². The second-order valence-electron chi connectivity index (χ2n) is 2.83. The Morgan fingerprint density at radius 2 is 2.00 bits per heavy atom. The van der Waals surface area contributed by atoms with Gasteiger partial charge in [0.15, 0.2) is 6.29 Å². The average molecular weight is 190 g/mol. The number of rotatable bonds is 2. The summed E-state index contributed by atoms with van der Waals surface area (Å²) >= 11 is 0. The van der Waals surface area contributed by atoms with E-state index in [2.05, 4.69) is 10.2 Å². The van der Waals surface area contributed by atoms with Crippen molar-refractivity contribution in [3.8, 4) is 11.3 Å². The minimum atomic E-state index is -0.288. The molecule has 0 radical (unpaired) electrons. The van der Waals surface area contributed by atoms with Crippen molar-refractivity contribution in [1.82, 2.24) is 10.2 Å². The lowest BCUT2D eigenvalue weighted by atomic mass is 10.1. The van der Waals surface area contributed by atoms with Crippen LogP contribution in [0.15, 0.2) is 30.3 Å². The number of hydrogen-bond acceptors (Lipinski definition) is 2. The van der Waals surface area contributed by atoms with Crippen molar-refractivity contribution in [2.45, 2.75) is 0 Å². The first kappa shape index (κ1) is 8.62. The van der Waals surface area contributed by atoms with E-state index in [0.717, 1.165) is 5.56 Å². The van der Waals surface area contributed by atoms with Gasteiger partial charge in [-0.15, -0.1) is 0 Å². The Morgan fingerprint density at radius 1 is 1.29 bits per heavy atom. The zero-order valence-corrected chi connectivity index (χ0v) is 7.20. The first-order chi connectivity index (χ1) is 6.79. The van der Waals surface area contributed by atoms with Crippen LogP contribution in [0.1, 0.15) is 10.5 Å². The number of aromatic amines is 1. The lowest BCUT2D eigenvalue weighted by Crippen LogP contribution is -1.78. The molecule has 70 valence electrons. The molecule has 1 N–H and O–H groups in total. The van der Waals surface area contributed by atoms with Gasteiger partial charge in [-0.2, -0.15) is 5.10 Å². The molecule has 0 saturated carbocycles. The van der Waals surface area contributed by atoms with Crippen LogP contribution in [0.3, 0.4) is 0 Å². The molecule has 1 heterocycles. The summed E-state index contributed by atoms with van der Waals surface area (Å²) in [6.07, 6.45) is 0.656. The summed E-state index contributed by atoms with van der Waals surface area (Å²) in [7, 11) is 0. The monoisotopic (exact) mass is 190 g/mol. The van der Waals surface area contributed by atoms with Crippen molar-refractivity contribution >= 4 is 6.29 Å². The van der Waals surface area contributed by atoms with Gasteiger partial charge in [0.2, 0.25) is 0 Å². The van der Waals surface area contributed by atoms with Crippen LogP contribution >= 0.6 is 0 Å². The molecule has 0 spiro atoms. The molecule has 2 aromatic rings. The summed E-state index contributed by atoms with van der Waals surface area (Å²) in [6.45, 7) is 0. The highest BCUT2D eigenvalue weighted by atomic mass is 19.1. The van der Waals surface area contributed by atoms with E-state index >= 15 is 0 Å². The minimum Gasteiger partial charge on any atom is -0.296 e. The van der Waals surface area contributed by atoms with E-state index in [1.165, 1.54) is 12.1 Å². The van der Waals surface area contributed by atoms with E-state index in [9.17, 15) is 9.18 Å². The summed E-state index contributed by atoms with van der Waals surface area (Å²) in [6, 6.07) is 7.57. The van der Waals surface area contributed by atoms with Gasteiger partial charge in [0.25, 0.3) is 0 Å². The highest BCUT2D eigenvalue weighted by Crippen LogP contribution is 2.17. The molecular weight excluding hydrogens is 183 g/mol. The summed E-state index contributed by atoms with van der Waals surface area (Å²) in [5, 5.41) is 6.44. The number of hydrogen-bond donors (Lipinski definition) is 1. The molecule has 0 atom stereocenters. The van der Waals surface area contributed by atoms with Crippen molar-refractivity contribution < 1.29 is 9.18 Å². The molecule has 0 unspecified atom stereocenters. The van der Waals surface area contributed by atoms with Crippen molar-refractivity contribution in [1.29, 1.82) is 0 Å². The lowest BCUT2D eigenvalue weighted by Gasteiger charge is -1.95. The predicted molar refractivity (Wildman–Crippen MR) is 49.4 cm³/mol. The Labute approximate surface area is 79.6 Å². The van der Waals surface area contributed by atoms with Crippen LogP contribution < -0.4 is 0 Å². The second-order valence-corrected chi connectivity index (χ2v) is 2.83. The van der Waals surface area contributed by atoms with E-state index in [1.807, 2.05) is 0 Å². The Kier molecular flexibility index (Phi) is 2.10. The van der Waals surface area contributed by atoms with Crippen LogP contribution in [0, 0.1) is 5.82 Å². The molecule has 0 aliphatic rings. The van der Waals surface area contributed by atoms with Gasteiger partial charge in [-0.05, 0) is 35.9 Å². The molecule has 0 fully saturated rings. The molecule has 0 amide bonds. The molecule has 3 nitrogen and oxygen atoms in total. The van der Waals surface area contributed by atoms with E-state index in [1.54, 1.807) is 18.2 Å². The molecule has 4 heteroatoms. The number of aromatic nitrogens is 2. The van der Waals surface area contributed by atoms with Crippen molar-refractivity contribution in [2.24, 2.45) is 0 Å². The van der Waals surface area contributed by atoms with E-state index in [4.69, 9.17) is 0 Å². The van der Waals surface area contributed by atoms with Gasteiger partial charge in [0.05, 0.1) is 5.69 Å². The fourth-order valence-electron chi connectivity index (χ4n) is 1.17. The maximum Gasteiger partial charge on any atom is 0.170 e. The van der Waals surface area contributed by atoms with Gasteiger partial charge in [-0.3, -0.25) is 9.89 Å². The number of halogens is 1. The summed E-state index contributed by atoms with van der Waals surface area (Å²) in [5.74, 6) is -0.288. The molecule has 0 aliphatic heterocycles. The number of benzene rings is 1. The Balaban J connectivity index is 2.39. The third kappa shape index (κ3) is 1.54. The fraction of sp³-hybridized carbons (Fsp3) is 0. The van der Waals surface area contributed by atoms with Crippen LogP contribution in [-0.4, -0.2) is 16.5 Å². The summed E-state index contributed by atoms with van der Waals surface area (Å²) < 4.78 is 12.6. The number of H-pyrrole nitrogens is 1. The molecule has 14 heavy (non-hydrogen) atoms. The van der Waals surface area contributed by atoms with Crippen LogP contribution in [0.5, 0.6) is 0 Å².